The van der Waals surface area contributed by atoms with Crippen molar-refractivity contribution in [3.05, 3.63) is 68.6 Å². The summed E-state index contributed by atoms with van der Waals surface area (Å²) in [7, 11) is 0. The summed E-state index contributed by atoms with van der Waals surface area (Å²) in [6, 6.07) is 6.92. The molecule has 10 nitrogen and oxygen atoms in total. The molecule has 3 rings (SSSR count). The number of benzene rings is 1. The Morgan fingerprint density at radius 2 is 1.91 bits per heavy atom. The van der Waals surface area contributed by atoms with Crippen LogP contribution in [0.2, 0.25) is 0 Å². The van der Waals surface area contributed by atoms with Crippen molar-refractivity contribution in [1.82, 2.24) is 14.6 Å². The average molecular weight is 314 g/mol. The number of nitrogens with zero attached hydrogens (tertiary/aromatic N) is 5. The number of rotatable bonds is 5. The van der Waals surface area contributed by atoms with E-state index in [4.69, 9.17) is 0 Å². The minimum atomic E-state index is -0.674. The Bertz CT molecular complexity index is 906. The standard InChI is InChI=1S/C13H10N6O4/c20-18(21)9-1-2-11(12(7-9)19(22)23)15-8-10-3-5-14-13-4-6-16-17(10)13/h1-7,15H,8H2. The molecule has 10 heteroatoms. The predicted octanol–water partition coefficient (Wildman–Crippen LogP) is 2.16. The van der Waals surface area contributed by atoms with Crippen LogP contribution in [0.25, 0.3) is 5.65 Å². The first-order chi connectivity index (χ1) is 11.1. The van der Waals surface area contributed by atoms with Gasteiger partial charge in [-0.2, -0.15) is 5.10 Å². The van der Waals surface area contributed by atoms with Gasteiger partial charge in [0.1, 0.15) is 5.69 Å². The second-order valence-corrected chi connectivity index (χ2v) is 4.61. The largest absolute Gasteiger partial charge is 0.374 e. The first kappa shape index (κ1) is 14.4. The van der Waals surface area contributed by atoms with Gasteiger partial charge in [0.15, 0.2) is 5.65 Å². The third-order valence-corrected chi connectivity index (χ3v) is 3.22. The van der Waals surface area contributed by atoms with Gasteiger partial charge in [0, 0.05) is 18.3 Å². The molecule has 1 aromatic carbocycles. The molecule has 0 fully saturated rings. The maximum absolute atomic E-state index is 11.1. The Hall–Kier alpha value is -3.56. The maximum Gasteiger partial charge on any atom is 0.299 e. The van der Waals surface area contributed by atoms with Crippen LogP contribution in [-0.2, 0) is 6.54 Å². The zero-order chi connectivity index (χ0) is 16.4. The zero-order valence-corrected chi connectivity index (χ0v) is 11.6. The summed E-state index contributed by atoms with van der Waals surface area (Å²) in [4.78, 5) is 24.6. The molecule has 0 aliphatic carbocycles. The van der Waals surface area contributed by atoms with Crippen LogP contribution in [0.3, 0.4) is 0 Å². The Morgan fingerprint density at radius 3 is 2.65 bits per heavy atom. The fourth-order valence-electron chi connectivity index (χ4n) is 2.14. The molecule has 0 radical (unpaired) electrons. The molecule has 0 amide bonds. The van der Waals surface area contributed by atoms with Crippen LogP contribution in [-0.4, -0.2) is 24.4 Å². The summed E-state index contributed by atoms with van der Waals surface area (Å²) in [6.45, 7) is 0.249. The van der Waals surface area contributed by atoms with Crippen LogP contribution in [0.15, 0.2) is 42.7 Å². The summed E-state index contributed by atoms with van der Waals surface area (Å²) in [6.07, 6.45) is 3.21. The number of fused-ring (bicyclic) bond motifs is 1. The molecule has 3 aromatic rings. The van der Waals surface area contributed by atoms with Gasteiger partial charge in [-0.3, -0.25) is 20.2 Å². The first-order valence-electron chi connectivity index (χ1n) is 6.50. The molecule has 116 valence electrons. The van der Waals surface area contributed by atoms with Gasteiger partial charge in [-0.15, -0.1) is 0 Å². The highest BCUT2D eigenvalue weighted by Crippen LogP contribution is 2.29. The number of hydrogen-bond acceptors (Lipinski definition) is 7. The lowest BCUT2D eigenvalue weighted by Gasteiger charge is -2.08. The molecular weight excluding hydrogens is 304 g/mol. The molecular formula is C13H10N6O4. The third-order valence-electron chi connectivity index (χ3n) is 3.22. The zero-order valence-electron chi connectivity index (χ0n) is 11.6. The van der Waals surface area contributed by atoms with E-state index in [1.54, 1.807) is 29.0 Å². The van der Waals surface area contributed by atoms with Crippen molar-refractivity contribution >= 4 is 22.7 Å². The fraction of sp³-hybridized carbons (Fsp3) is 0.0769. The van der Waals surface area contributed by atoms with Crippen molar-refractivity contribution in [2.45, 2.75) is 6.54 Å². The van der Waals surface area contributed by atoms with E-state index >= 15 is 0 Å². The summed E-state index contributed by atoms with van der Waals surface area (Å²) < 4.78 is 1.60. The number of non-ortho nitro benzene ring substituents is 1. The minimum absolute atomic E-state index is 0.192. The lowest BCUT2D eigenvalue weighted by Crippen LogP contribution is -2.08. The van der Waals surface area contributed by atoms with E-state index in [-0.39, 0.29) is 23.6 Å². The Morgan fingerprint density at radius 1 is 1.09 bits per heavy atom. The van der Waals surface area contributed by atoms with Crippen molar-refractivity contribution < 1.29 is 9.85 Å². The number of nitro groups is 2. The Kier molecular flexibility index (Phi) is 3.55. The van der Waals surface area contributed by atoms with E-state index in [0.29, 0.717) is 5.65 Å². The lowest BCUT2D eigenvalue weighted by atomic mass is 10.2. The average Bonchev–Trinajstić information content (AvgIpc) is 3.01. The van der Waals surface area contributed by atoms with Gasteiger partial charge in [-0.25, -0.2) is 9.50 Å². The van der Waals surface area contributed by atoms with Crippen molar-refractivity contribution in [3.8, 4) is 0 Å². The van der Waals surface area contributed by atoms with Gasteiger partial charge in [-0.05, 0) is 12.1 Å². The molecule has 0 unspecified atom stereocenters. The second kappa shape index (κ2) is 5.67. The molecule has 0 saturated heterocycles. The van der Waals surface area contributed by atoms with E-state index in [2.05, 4.69) is 15.4 Å². The summed E-state index contributed by atoms with van der Waals surface area (Å²) >= 11 is 0. The fourth-order valence-corrected chi connectivity index (χ4v) is 2.14. The molecule has 0 aliphatic rings. The van der Waals surface area contributed by atoms with E-state index in [0.717, 1.165) is 11.8 Å². The lowest BCUT2D eigenvalue weighted by molar-refractivity contribution is -0.393. The van der Waals surface area contributed by atoms with E-state index in [9.17, 15) is 20.2 Å². The highest BCUT2D eigenvalue weighted by atomic mass is 16.6. The molecule has 2 heterocycles. The number of anilines is 1. The van der Waals surface area contributed by atoms with E-state index < -0.39 is 9.85 Å². The monoisotopic (exact) mass is 314 g/mol. The van der Waals surface area contributed by atoms with E-state index in [1.165, 1.54) is 12.1 Å². The van der Waals surface area contributed by atoms with Gasteiger partial charge >= 0.3 is 0 Å². The number of nitrogens with one attached hydrogen (secondary N) is 1. The third kappa shape index (κ3) is 2.77. The van der Waals surface area contributed by atoms with Crippen molar-refractivity contribution in [2.24, 2.45) is 0 Å². The maximum atomic E-state index is 11.1. The minimum Gasteiger partial charge on any atom is -0.374 e. The highest BCUT2D eigenvalue weighted by molar-refractivity contribution is 5.65. The van der Waals surface area contributed by atoms with Crippen molar-refractivity contribution in [3.63, 3.8) is 0 Å². The van der Waals surface area contributed by atoms with Crippen LogP contribution in [0.4, 0.5) is 17.1 Å². The van der Waals surface area contributed by atoms with Gasteiger partial charge in [0.05, 0.1) is 34.3 Å². The van der Waals surface area contributed by atoms with Crippen LogP contribution in [0.1, 0.15) is 5.69 Å². The highest BCUT2D eigenvalue weighted by Gasteiger charge is 2.19. The summed E-state index contributed by atoms with van der Waals surface area (Å²) in [5.74, 6) is 0. The van der Waals surface area contributed by atoms with Crippen LogP contribution < -0.4 is 5.32 Å². The first-order valence-corrected chi connectivity index (χ1v) is 6.50. The molecule has 1 N–H and O–H groups in total. The summed E-state index contributed by atoms with van der Waals surface area (Å²) in [5, 5.41) is 28.8. The Labute approximate surface area is 128 Å². The van der Waals surface area contributed by atoms with Gasteiger partial charge in [0.2, 0.25) is 0 Å². The van der Waals surface area contributed by atoms with E-state index in [1.807, 2.05) is 0 Å². The number of nitro benzene ring substituents is 2. The van der Waals surface area contributed by atoms with Crippen LogP contribution in [0, 0.1) is 20.2 Å². The number of aromatic nitrogens is 3. The smallest absolute Gasteiger partial charge is 0.299 e. The molecule has 0 bridgehead atoms. The van der Waals surface area contributed by atoms with Gasteiger partial charge < -0.3 is 5.32 Å². The SMILES string of the molecule is O=[N+]([O-])c1ccc(NCc2ccnc3ccnn23)c([N+](=O)[O-])c1. The molecule has 0 saturated carbocycles. The Balaban J connectivity index is 1.89. The van der Waals surface area contributed by atoms with Crippen molar-refractivity contribution in [1.29, 1.82) is 0 Å². The molecule has 0 atom stereocenters. The molecule has 2 aromatic heterocycles. The number of hydrogen-bond donors (Lipinski definition) is 1. The second-order valence-electron chi connectivity index (χ2n) is 4.61. The quantitative estimate of drug-likeness (QED) is 0.564. The van der Waals surface area contributed by atoms with Crippen molar-refractivity contribution in [2.75, 3.05) is 5.32 Å². The van der Waals surface area contributed by atoms with Gasteiger partial charge in [0.25, 0.3) is 11.4 Å². The van der Waals surface area contributed by atoms with Crippen LogP contribution in [0.5, 0.6) is 0 Å². The predicted molar refractivity (Wildman–Crippen MR) is 80.1 cm³/mol. The van der Waals surface area contributed by atoms with Gasteiger partial charge in [-0.1, -0.05) is 0 Å². The van der Waals surface area contributed by atoms with Crippen LogP contribution >= 0.6 is 0 Å². The molecule has 23 heavy (non-hydrogen) atoms. The molecule has 0 aliphatic heterocycles. The topological polar surface area (TPSA) is 128 Å². The molecule has 0 spiro atoms. The normalized spacial score (nSPS) is 10.6. The summed E-state index contributed by atoms with van der Waals surface area (Å²) in [5.41, 5.74) is 0.901.